The molecule has 0 radical (unpaired) electrons. The number of carboxylic acids is 1. The average molecular weight is 1480 g/mol. The summed E-state index contributed by atoms with van der Waals surface area (Å²) in [5, 5.41) is 21.4. The predicted molar refractivity (Wildman–Crippen MR) is 400 cm³/mol. The summed E-state index contributed by atoms with van der Waals surface area (Å²) in [5.41, 5.74) is 11.3. The molecule has 2 amide bonds. The Morgan fingerprint density at radius 2 is 1.00 bits per heavy atom. The summed E-state index contributed by atoms with van der Waals surface area (Å²) in [6, 6.07) is 46.5. The van der Waals surface area contributed by atoms with Gasteiger partial charge in [0.1, 0.15) is 5.75 Å². The molecule has 7 N–H and O–H groups in total. The number of nitrogens with one attached hydrogen (secondary N) is 4. The van der Waals surface area contributed by atoms with Gasteiger partial charge in [-0.05, 0) is 154 Å². The van der Waals surface area contributed by atoms with Crippen molar-refractivity contribution < 1.29 is 91.6 Å². The topological polar surface area (TPSA) is 348 Å². The number of aliphatic carboxylic acids is 1. The van der Waals surface area contributed by atoms with Crippen molar-refractivity contribution in [1.82, 2.24) is 49.5 Å². The Balaban J connectivity index is 0.000000289. The van der Waals surface area contributed by atoms with Gasteiger partial charge in [0, 0.05) is 161 Å². The molecule has 548 valence electrons. The first kappa shape index (κ1) is 83.3. The van der Waals surface area contributed by atoms with Crippen LogP contribution in [0.5, 0.6) is 5.75 Å². The van der Waals surface area contributed by atoms with Crippen LogP contribution in [0.1, 0.15) is 71.2 Å². The number of rotatable bonds is 29. The predicted octanol–water partition coefficient (Wildman–Crippen LogP) is 9.30. The van der Waals surface area contributed by atoms with E-state index in [9.17, 15) is 33.2 Å². The third-order valence-corrected chi connectivity index (χ3v) is 20.2. The number of pyridine rings is 2. The van der Waals surface area contributed by atoms with Gasteiger partial charge in [-0.3, -0.25) is 43.0 Å². The number of carbonyl (C=O) groups is 4. The molecule has 2 saturated heterocycles. The Morgan fingerprint density at radius 1 is 0.552 bits per heavy atom. The number of benzene rings is 5. The van der Waals surface area contributed by atoms with E-state index in [-0.39, 0.29) is 73.2 Å². The minimum absolute atomic E-state index is 0. The molecule has 27 nitrogen and oxygen atoms in total. The second-order valence-corrected chi connectivity index (χ2v) is 28.5. The fourth-order valence-corrected chi connectivity index (χ4v) is 14.1. The van der Waals surface area contributed by atoms with Gasteiger partial charge in [-0.15, -0.1) is 0 Å². The largest absolute Gasteiger partial charge is 1.00 e. The number of amides is 2. The van der Waals surface area contributed by atoms with Gasteiger partial charge in [0.15, 0.2) is 12.2 Å². The van der Waals surface area contributed by atoms with Crippen LogP contribution in [0.3, 0.4) is 0 Å². The molecule has 4 aromatic heterocycles. The summed E-state index contributed by atoms with van der Waals surface area (Å²) in [6.45, 7) is 17.1. The van der Waals surface area contributed by atoms with Crippen molar-refractivity contribution in [2.45, 2.75) is 67.3 Å². The maximum atomic E-state index is 13.8. The molecule has 9 aromatic rings. The number of piperazine rings is 2. The molecular formula is C75H89N14NaO13P2. The summed E-state index contributed by atoms with van der Waals surface area (Å²) < 4.78 is 47.5. The molecule has 2 unspecified atom stereocenters. The Morgan fingerprint density at radius 3 is 1.43 bits per heavy atom. The van der Waals surface area contributed by atoms with Gasteiger partial charge >= 0.3 is 56.7 Å². The molecule has 2 fully saturated rings. The maximum absolute atomic E-state index is 13.8. The zero-order valence-electron chi connectivity index (χ0n) is 58.9. The van der Waals surface area contributed by atoms with E-state index in [0.717, 1.165) is 102 Å². The normalized spacial score (nSPS) is 15.0. The van der Waals surface area contributed by atoms with Gasteiger partial charge in [-0.2, -0.15) is 0 Å². The molecule has 0 bridgehead atoms. The van der Waals surface area contributed by atoms with Gasteiger partial charge < -0.3 is 55.8 Å². The second kappa shape index (κ2) is 40.5. The van der Waals surface area contributed by atoms with Gasteiger partial charge in [-0.25, -0.2) is 34.1 Å². The SMILES string of the molecule is C.CCOC(=O)[C@@H](C)OP(=O)(CCN1CCN(Cc2ccc(C(=O)Nc3ccc(C)c(Nc4nccc(-c5cccnc5)n4)c3)cc2)CC1)Oc1ccccc1.Cc1ccc(NC(=O)c2ccc(CN3CCN(CCP(=O)(O)O[C@H](C)C(=O)O)CC3)cc2)cc1Nc1nccc(-c2cccnc2)n1.[Na+].[OH-]. The Bertz CT molecular complexity index is 4380. The van der Waals surface area contributed by atoms with Crippen molar-refractivity contribution in [1.29, 1.82) is 0 Å². The van der Waals surface area contributed by atoms with Gasteiger partial charge in [0.25, 0.3) is 11.8 Å². The van der Waals surface area contributed by atoms with Crippen molar-refractivity contribution in [3.05, 3.63) is 222 Å². The molecule has 0 saturated carbocycles. The number of carboxylic acid groups (broad SMARTS) is 1. The van der Waals surface area contributed by atoms with Crippen LogP contribution in [0.25, 0.3) is 22.5 Å². The number of hydrogen-bond acceptors (Lipinski definition) is 23. The zero-order chi connectivity index (χ0) is 72.0. The molecule has 0 aliphatic carbocycles. The van der Waals surface area contributed by atoms with Gasteiger partial charge in [0.2, 0.25) is 11.9 Å². The van der Waals surface area contributed by atoms with Crippen LogP contribution in [0.15, 0.2) is 189 Å². The number of ether oxygens (including phenoxy) is 1. The van der Waals surface area contributed by atoms with Gasteiger partial charge in [-0.1, -0.05) is 62.0 Å². The van der Waals surface area contributed by atoms with Crippen LogP contribution in [0, 0.1) is 13.8 Å². The first-order valence-corrected chi connectivity index (χ1v) is 37.0. The number of aromatic nitrogens is 6. The van der Waals surface area contributed by atoms with Crippen LogP contribution >= 0.6 is 15.2 Å². The summed E-state index contributed by atoms with van der Waals surface area (Å²) in [4.78, 5) is 94.6. The average Bonchev–Trinajstić information content (AvgIpc) is 0.841. The number of nitrogens with zero attached hydrogens (tertiary/aromatic N) is 10. The molecule has 30 heteroatoms. The quantitative estimate of drug-likeness (QED) is 0.0144. The monoisotopic (exact) mass is 1480 g/mol. The van der Waals surface area contributed by atoms with Crippen LogP contribution in [0.4, 0.5) is 34.6 Å². The summed E-state index contributed by atoms with van der Waals surface area (Å²) in [6.07, 6.45) is 7.96. The van der Waals surface area contributed by atoms with Crippen molar-refractivity contribution in [2.24, 2.45) is 0 Å². The fourth-order valence-electron chi connectivity index (χ4n) is 11.1. The first-order chi connectivity index (χ1) is 49.2. The van der Waals surface area contributed by atoms with Crippen LogP contribution in [-0.4, -0.2) is 185 Å². The number of para-hydroxylation sites is 1. The third kappa shape index (κ3) is 25.6. The minimum atomic E-state index is -3.98. The van der Waals surface area contributed by atoms with Crippen molar-refractivity contribution >= 4 is 73.6 Å². The fraction of sp³-hybridized carbons (Fsp3) is 0.307. The summed E-state index contributed by atoms with van der Waals surface area (Å²) >= 11 is 0. The van der Waals surface area contributed by atoms with E-state index in [2.05, 4.69) is 70.8 Å². The molecule has 5 aromatic carbocycles. The van der Waals surface area contributed by atoms with Gasteiger partial charge in [0.05, 0.1) is 30.3 Å². The molecule has 105 heavy (non-hydrogen) atoms. The van der Waals surface area contributed by atoms with Crippen LogP contribution in [0.2, 0.25) is 0 Å². The molecule has 2 aliphatic heterocycles. The van der Waals surface area contributed by atoms with E-state index in [1.54, 1.807) is 68.4 Å². The van der Waals surface area contributed by atoms with E-state index < -0.39 is 39.3 Å². The smallest absolute Gasteiger partial charge is 0.870 e. The molecule has 11 rings (SSSR count). The number of carbonyl (C=O) groups excluding carboxylic acids is 3. The first-order valence-electron chi connectivity index (χ1n) is 33.5. The molecule has 2 aliphatic rings. The zero-order valence-corrected chi connectivity index (χ0v) is 62.7. The number of aryl methyl sites for hydroxylation is 2. The van der Waals surface area contributed by atoms with Crippen molar-refractivity contribution in [3.63, 3.8) is 0 Å². The summed E-state index contributed by atoms with van der Waals surface area (Å²) in [5.74, 6) is -0.990. The molecule has 0 spiro atoms. The Hall–Kier alpha value is -9.02. The van der Waals surface area contributed by atoms with E-state index >= 15 is 0 Å². The maximum Gasteiger partial charge on any atom is 1.00 e. The molecule has 6 heterocycles. The van der Waals surface area contributed by atoms with Crippen LogP contribution < -0.4 is 55.3 Å². The van der Waals surface area contributed by atoms with E-state index in [1.807, 2.05) is 141 Å². The standard InChI is InChI=1S/C41H46N7O6P.C33H38N7O6P.CH4.Na.H2O/c1-4-52-40(50)31(3)53-55(51,54-36-10-6-5-7-11-36)26-25-47-21-23-48(24-22-47)29-32-13-15-33(16-14-32)39(49)44-35-17-12-30(2)38(27-35)46-41-43-20-18-37(45-41)34-9-8-19-42-28-34;1-23-5-10-28(20-30(23)38-33-35-13-11-29(37-33)27-4-3-12-34-21-27)36-31(41)26-8-6-25(7-9-26)22-40-16-14-39(15-17-40)18-19-47(44,45)46-24(2)32(42)43;;;/h5-20,27-28,31H,4,21-26,29H2,1-3H3,(H,44,49)(H,43,45,46);3-13,20-21,24H,14-19,22H2,1-2H3,(H,36,41)(H,42,43)(H,44,45)(H,35,37,38);1H4;;1H2/q;;;+1;/p-1/t31-,55?;24-;;;/m11.../s1. The van der Waals surface area contributed by atoms with Crippen molar-refractivity contribution in [2.75, 3.05) is 106 Å². The van der Waals surface area contributed by atoms with Crippen molar-refractivity contribution in [3.8, 4) is 28.3 Å². The molecule has 4 atom stereocenters. The second-order valence-electron chi connectivity index (χ2n) is 24.5. The van der Waals surface area contributed by atoms with E-state index in [4.69, 9.17) is 23.4 Å². The Labute approximate surface area is 634 Å². The van der Waals surface area contributed by atoms with E-state index in [0.29, 0.717) is 72.9 Å². The molecular weight excluding hydrogens is 1390 g/mol. The summed E-state index contributed by atoms with van der Waals surface area (Å²) in [7, 11) is -7.66. The number of esters is 1. The number of anilines is 6. The third-order valence-electron chi connectivity index (χ3n) is 16.9. The minimum Gasteiger partial charge on any atom is -0.870 e. The van der Waals surface area contributed by atoms with Crippen LogP contribution in [-0.2, 0) is 45.6 Å². The number of hydrogen-bond donors (Lipinski definition) is 6. The van der Waals surface area contributed by atoms with E-state index in [1.165, 1.54) is 13.8 Å². The Kier molecular flexibility index (Phi) is 32.1.